The van der Waals surface area contributed by atoms with Gasteiger partial charge in [0.15, 0.2) is 0 Å². The molecule has 9 unspecified atom stereocenters. The summed E-state index contributed by atoms with van der Waals surface area (Å²) in [6.45, 7) is 20.6. The molecule has 3 fully saturated rings. The summed E-state index contributed by atoms with van der Waals surface area (Å²) in [7, 11) is -0.169. The number of methoxy groups -OCH3 is 1. The van der Waals surface area contributed by atoms with E-state index in [1.54, 1.807) is 19.4 Å². The summed E-state index contributed by atoms with van der Waals surface area (Å²) in [4.78, 5) is 24.4. The number of unbranched alkanes of at least 4 members (excludes halogenated alkanes) is 8. The van der Waals surface area contributed by atoms with E-state index < -0.39 is 25.4 Å². The van der Waals surface area contributed by atoms with Gasteiger partial charge in [-0.15, -0.1) is 0 Å². The first-order chi connectivity index (χ1) is 33.3. The lowest BCUT2D eigenvalue weighted by atomic mass is 9.47. The SMILES string of the molecule is COC(=O)C(C)(C)Cc1cc(CCCCCCCCCCCOP(Oc2ccccc2Cl)OC2CCC3(C)C(=CCC4C3CCC3(C)C(C(C)CCCC(C)C)CCC43)C2)cc(CC(C)(C)C(=O)O)c1. The minimum absolute atomic E-state index is 0.0881. The lowest BCUT2D eigenvalue weighted by Gasteiger charge is -2.58. The minimum atomic E-state index is -1.60. The summed E-state index contributed by atoms with van der Waals surface area (Å²) < 4.78 is 24.8. The molecular weight excluding hydrogens is 911 g/mol. The van der Waals surface area contributed by atoms with Crippen LogP contribution in [0.15, 0.2) is 54.1 Å². The smallest absolute Gasteiger partial charge is 0.397 e. The van der Waals surface area contributed by atoms with Crippen LogP contribution in [0, 0.1) is 57.2 Å². The van der Waals surface area contributed by atoms with Gasteiger partial charge in [0.25, 0.3) is 0 Å². The molecule has 0 aliphatic heterocycles. The second-order valence-corrected chi connectivity index (χ2v) is 26.4. The zero-order valence-corrected chi connectivity index (χ0v) is 47.0. The van der Waals surface area contributed by atoms with Crippen molar-refractivity contribution in [2.24, 2.45) is 57.2 Å². The van der Waals surface area contributed by atoms with Crippen molar-refractivity contribution in [3.8, 4) is 5.75 Å². The maximum atomic E-state index is 12.5. The molecule has 0 spiro atoms. The molecule has 70 heavy (non-hydrogen) atoms. The quantitative estimate of drug-likeness (QED) is 0.0393. The topological polar surface area (TPSA) is 91.3 Å². The number of hydrogen-bond acceptors (Lipinski definition) is 6. The van der Waals surface area contributed by atoms with Crippen molar-refractivity contribution in [2.45, 2.75) is 216 Å². The molecule has 0 saturated heterocycles. The van der Waals surface area contributed by atoms with Crippen molar-refractivity contribution in [1.29, 1.82) is 0 Å². The summed E-state index contributed by atoms with van der Waals surface area (Å²) in [6.07, 6.45) is 29.4. The number of aryl methyl sites for hydroxylation is 1. The predicted octanol–water partition coefficient (Wildman–Crippen LogP) is 17.5. The molecule has 0 bridgehead atoms. The van der Waals surface area contributed by atoms with Crippen molar-refractivity contribution in [1.82, 2.24) is 0 Å². The number of rotatable bonds is 28. The Kier molecular flexibility index (Phi) is 20.9. The second kappa shape index (κ2) is 25.7. The summed E-state index contributed by atoms with van der Waals surface area (Å²) >= 11 is 6.60. The number of carbonyl (C=O) groups is 2. The predicted molar refractivity (Wildman–Crippen MR) is 289 cm³/mol. The van der Waals surface area contributed by atoms with E-state index in [1.165, 1.54) is 103 Å². The van der Waals surface area contributed by atoms with E-state index in [9.17, 15) is 14.7 Å². The molecule has 0 aromatic heterocycles. The molecule has 6 rings (SSSR count). The number of carbonyl (C=O) groups excluding carboxylic acids is 1. The summed E-state index contributed by atoms with van der Waals surface area (Å²) in [6, 6.07) is 14.1. The third-order valence-electron chi connectivity index (χ3n) is 18.0. The van der Waals surface area contributed by atoms with Crippen LogP contribution in [0.3, 0.4) is 0 Å². The molecular formula is C61H94ClO7P. The number of para-hydroxylation sites is 1. The number of hydrogen-bond donors (Lipinski definition) is 1. The maximum Gasteiger partial charge on any atom is 0.397 e. The van der Waals surface area contributed by atoms with Crippen molar-refractivity contribution < 1.29 is 33.0 Å². The fourth-order valence-corrected chi connectivity index (χ4v) is 15.4. The molecule has 0 radical (unpaired) electrons. The van der Waals surface area contributed by atoms with Gasteiger partial charge in [-0.05, 0) is 186 Å². The van der Waals surface area contributed by atoms with Crippen LogP contribution in [-0.4, -0.2) is 36.9 Å². The molecule has 7 nitrogen and oxygen atoms in total. The summed E-state index contributed by atoms with van der Waals surface area (Å²) in [5.41, 5.74) is 4.15. The molecule has 9 atom stereocenters. The Labute approximate surface area is 431 Å². The highest BCUT2D eigenvalue weighted by Crippen LogP contribution is 2.68. The van der Waals surface area contributed by atoms with Gasteiger partial charge in [-0.1, -0.05) is 152 Å². The van der Waals surface area contributed by atoms with Gasteiger partial charge in [-0.2, -0.15) is 0 Å². The van der Waals surface area contributed by atoms with Gasteiger partial charge in [0.05, 0.1) is 35.7 Å². The van der Waals surface area contributed by atoms with Crippen molar-refractivity contribution in [3.05, 3.63) is 75.8 Å². The molecule has 0 amide bonds. The molecule has 4 aliphatic carbocycles. The van der Waals surface area contributed by atoms with Crippen molar-refractivity contribution >= 4 is 32.1 Å². The summed E-state index contributed by atoms with van der Waals surface area (Å²) in [5.74, 6) is 4.60. The first kappa shape index (κ1) is 56.8. The number of fused-ring (bicyclic) bond motifs is 5. The van der Waals surface area contributed by atoms with Crippen LogP contribution in [0.1, 0.15) is 207 Å². The minimum Gasteiger partial charge on any atom is -0.481 e. The number of carboxylic acid groups (broad SMARTS) is 1. The van der Waals surface area contributed by atoms with Crippen LogP contribution in [-0.2, 0) is 42.6 Å². The lowest BCUT2D eigenvalue weighted by molar-refractivity contribution is -0.150. The Morgan fingerprint density at radius 3 is 2.09 bits per heavy atom. The van der Waals surface area contributed by atoms with Gasteiger partial charge < -0.3 is 18.9 Å². The van der Waals surface area contributed by atoms with E-state index in [0.717, 1.165) is 91.6 Å². The maximum absolute atomic E-state index is 12.5. The monoisotopic (exact) mass is 1000 g/mol. The number of aliphatic carboxylic acids is 1. The normalized spacial score (nSPS) is 26.5. The number of esters is 1. The van der Waals surface area contributed by atoms with E-state index in [0.29, 0.717) is 35.6 Å². The fourth-order valence-electron chi connectivity index (χ4n) is 14.0. The zero-order valence-electron chi connectivity index (χ0n) is 45.4. The van der Waals surface area contributed by atoms with Crippen LogP contribution in [0.25, 0.3) is 0 Å². The average molecular weight is 1010 g/mol. The molecule has 1 N–H and O–H groups in total. The van der Waals surface area contributed by atoms with Crippen molar-refractivity contribution in [2.75, 3.05) is 13.7 Å². The highest BCUT2D eigenvalue weighted by Gasteiger charge is 2.59. The average Bonchev–Trinajstić information content (AvgIpc) is 3.66. The molecule has 2 aromatic rings. The Morgan fingerprint density at radius 2 is 1.43 bits per heavy atom. The molecule has 0 heterocycles. The van der Waals surface area contributed by atoms with E-state index in [4.69, 9.17) is 29.9 Å². The highest BCUT2D eigenvalue weighted by molar-refractivity contribution is 7.42. The van der Waals surface area contributed by atoms with E-state index in [2.05, 4.69) is 58.9 Å². The number of ether oxygens (including phenoxy) is 1. The van der Waals surface area contributed by atoms with Gasteiger partial charge in [0.2, 0.25) is 0 Å². The molecule has 3 saturated carbocycles. The Hall–Kier alpha value is -2.44. The Morgan fingerprint density at radius 1 is 0.786 bits per heavy atom. The Bertz CT molecular complexity index is 2030. The lowest BCUT2D eigenvalue weighted by Crippen LogP contribution is -2.50. The molecule has 392 valence electrons. The van der Waals surface area contributed by atoms with Crippen LogP contribution in [0.2, 0.25) is 5.02 Å². The number of carboxylic acids is 1. The van der Waals surface area contributed by atoms with E-state index >= 15 is 0 Å². The van der Waals surface area contributed by atoms with Gasteiger partial charge in [-0.3, -0.25) is 14.1 Å². The first-order valence-corrected chi connectivity index (χ1v) is 29.4. The largest absolute Gasteiger partial charge is 0.481 e. The highest BCUT2D eigenvalue weighted by atomic mass is 35.5. The standard InChI is InChI=1S/C61H94ClO7P/c1-43(2)23-22-24-44(3)51-30-31-52-50-29-28-48-40-49(32-34-60(48,8)53(50)33-35-61(51,52)9)68-70(69-55-27-20-19-26-54(55)62)67-36-21-17-15-13-11-12-14-16-18-25-45-37-46(41-58(4,5)56(63)64)39-47(38-45)42-59(6,7)57(65)66-10/h19-20,26-28,37-39,43-44,49-53H,11-18,21-25,29-36,40-42H2,1-10H3,(H,63,64). The van der Waals surface area contributed by atoms with Gasteiger partial charge >= 0.3 is 20.5 Å². The zero-order chi connectivity index (χ0) is 50.7. The third kappa shape index (κ3) is 14.9. The van der Waals surface area contributed by atoms with Gasteiger partial charge in [-0.25, -0.2) is 0 Å². The molecule has 9 heteroatoms. The van der Waals surface area contributed by atoms with E-state index in [-0.39, 0.29) is 17.5 Å². The van der Waals surface area contributed by atoms with Gasteiger partial charge in [0.1, 0.15) is 5.75 Å². The Balaban J connectivity index is 0.924. The molecule has 2 aromatic carbocycles. The number of benzene rings is 2. The van der Waals surface area contributed by atoms with Gasteiger partial charge in [0, 0.05) is 0 Å². The van der Waals surface area contributed by atoms with Crippen LogP contribution in [0.4, 0.5) is 0 Å². The molecule has 4 aliphatic rings. The number of halogens is 1. The van der Waals surface area contributed by atoms with Crippen LogP contribution >= 0.6 is 20.2 Å². The third-order valence-corrected chi connectivity index (χ3v) is 19.6. The summed E-state index contributed by atoms with van der Waals surface area (Å²) in [5, 5.41) is 10.4. The van der Waals surface area contributed by atoms with Crippen molar-refractivity contribution in [3.63, 3.8) is 0 Å². The van der Waals surface area contributed by atoms with E-state index in [1.807, 2.05) is 38.1 Å². The van der Waals surface area contributed by atoms with Crippen LogP contribution < -0.4 is 4.52 Å². The van der Waals surface area contributed by atoms with Crippen LogP contribution in [0.5, 0.6) is 5.75 Å². The first-order valence-electron chi connectivity index (χ1n) is 27.9. The second-order valence-electron chi connectivity index (χ2n) is 24.8. The number of allylic oxidation sites excluding steroid dienone is 1. The fraction of sp³-hybridized carbons (Fsp3) is 0.738.